The molecule has 0 radical (unpaired) electrons. The summed E-state index contributed by atoms with van der Waals surface area (Å²) in [4.78, 5) is 12.1. The van der Waals surface area contributed by atoms with Gasteiger partial charge in [-0.15, -0.1) is 0 Å². The van der Waals surface area contributed by atoms with Crippen LogP contribution in [-0.4, -0.2) is 21.4 Å². The normalized spacial score (nSPS) is 11.0. The van der Waals surface area contributed by atoms with E-state index in [9.17, 15) is 13.2 Å². The topological polar surface area (TPSA) is 97.6 Å². The first kappa shape index (κ1) is 19.5. The van der Waals surface area contributed by atoms with Gasteiger partial charge in [0.2, 0.25) is 5.91 Å². The van der Waals surface area contributed by atoms with E-state index in [-0.39, 0.29) is 17.2 Å². The molecule has 1 heterocycles. The number of ether oxygens (including phenoxy) is 1. The van der Waals surface area contributed by atoms with E-state index in [1.54, 1.807) is 54.8 Å². The molecule has 0 atom stereocenters. The Balaban J connectivity index is 1.70. The molecule has 0 fully saturated rings. The van der Waals surface area contributed by atoms with E-state index in [1.807, 2.05) is 0 Å². The third-order valence-corrected chi connectivity index (χ3v) is 5.32. The predicted octanol–water partition coefficient (Wildman–Crippen LogP) is 3.66. The molecule has 0 spiro atoms. The molecule has 0 unspecified atom stereocenters. The van der Waals surface area contributed by atoms with Crippen LogP contribution in [0.1, 0.15) is 12.2 Å². The highest BCUT2D eigenvalue weighted by Gasteiger charge is 2.17. The minimum Gasteiger partial charge on any atom is -0.495 e. The highest BCUT2D eigenvalue weighted by molar-refractivity contribution is 7.92. The quantitative estimate of drug-likeness (QED) is 0.601. The molecule has 146 valence electrons. The lowest BCUT2D eigenvalue weighted by molar-refractivity contribution is -0.116. The fourth-order valence-corrected chi connectivity index (χ4v) is 3.70. The van der Waals surface area contributed by atoms with E-state index in [2.05, 4.69) is 10.0 Å². The number of hydrogen-bond donors (Lipinski definition) is 2. The van der Waals surface area contributed by atoms with Crippen molar-refractivity contribution in [3.63, 3.8) is 0 Å². The Morgan fingerprint density at radius 2 is 1.89 bits per heavy atom. The van der Waals surface area contributed by atoms with Gasteiger partial charge in [-0.1, -0.05) is 18.2 Å². The summed E-state index contributed by atoms with van der Waals surface area (Å²) in [7, 11) is -2.38. The van der Waals surface area contributed by atoms with E-state index in [0.717, 1.165) is 0 Å². The maximum absolute atomic E-state index is 12.7. The fraction of sp³-hybridized carbons (Fsp3) is 0.150. The first-order valence-electron chi connectivity index (χ1n) is 8.56. The van der Waals surface area contributed by atoms with Crippen molar-refractivity contribution in [1.82, 2.24) is 0 Å². The zero-order valence-electron chi connectivity index (χ0n) is 15.2. The molecule has 8 heteroatoms. The molecule has 1 aromatic heterocycles. The van der Waals surface area contributed by atoms with E-state index < -0.39 is 10.0 Å². The van der Waals surface area contributed by atoms with Crippen LogP contribution < -0.4 is 14.8 Å². The number of benzene rings is 2. The Morgan fingerprint density at radius 1 is 1.07 bits per heavy atom. The van der Waals surface area contributed by atoms with Gasteiger partial charge in [0.1, 0.15) is 11.5 Å². The van der Waals surface area contributed by atoms with Gasteiger partial charge in [-0.25, -0.2) is 8.42 Å². The van der Waals surface area contributed by atoms with E-state index >= 15 is 0 Å². The third kappa shape index (κ3) is 4.92. The monoisotopic (exact) mass is 400 g/mol. The second-order valence-electron chi connectivity index (χ2n) is 5.96. The molecule has 3 rings (SSSR count). The van der Waals surface area contributed by atoms with Crippen molar-refractivity contribution in [1.29, 1.82) is 0 Å². The number of para-hydroxylation sites is 2. The standard InChI is InChI=1S/C20H20N2O5S/c1-26-19-10-3-2-9-18(19)22-28(24,25)17-8-4-6-15(14-17)21-20(23)12-11-16-7-5-13-27-16/h2-10,13-14,22H,11-12H2,1H3,(H,21,23). The molecular formula is C20H20N2O5S. The van der Waals surface area contributed by atoms with Crippen LogP contribution in [-0.2, 0) is 21.2 Å². The van der Waals surface area contributed by atoms with Gasteiger partial charge in [-0.2, -0.15) is 0 Å². The maximum Gasteiger partial charge on any atom is 0.262 e. The minimum atomic E-state index is -3.85. The number of carbonyl (C=O) groups excluding carboxylic acids is 1. The molecule has 7 nitrogen and oxygen atoms in total. The van der Waals surface area contributed by atoms with Gasteiger partial charge in [0.05, 0.1) is 24.0 Å². The fourth-order valence-electron chi connectivity index (χ4n) is 2.59. The van der Waals surface area contributed by atoms with Crippen LogP contribution in [0.5, 0.6) is 5.75 Å². The van der Waals surface area contributed by atoms with Gasteiger partial charge >= 0.3 is 0 Å². The van der Waals surface area contributed by atoms with Gasteiger partial charge < -0.3 is 14.5 Å². The SMILES string of the molecule is COc1ccccc1NS(=O)(=O)c1cccc(NC(=O)CCc2ccco2)c1. The number of amides is 1. The second-order valence-corrected chi connectivity index (χ2v) is 7.64. The summed E-state index contributed by atoms with van der Waals surface area (Å²) in [6, 6.07) is 16.3. The Labute approximate surface area is 163 Å². The molecular weight excluding hydrogens is 380 g/mol. The summed E-state index contributed by atoms with van der Waals surface area (Å²) in [6.45, 7) is 0. The minimum absolute atomic E-state index is 0.0299. The largest absolute Gasteiger partial charge is 0.495 e. The van der Waals surface area contributed by atoms with E-state index in [1.165, 1.54) is 19.2 Å². The van der Waals surface area contributed by atoms with Crippen LogP contribution in [0, 0.1) is 0 Å². The van der Waals surface area contributed by atoms with Crippen molar-refractivity contribution in [2.24, 2.45) is 0 Å². The number of hydrogen-bond acceptors (Lipinski definition) is 5. The molecule has 0 saturated carbocycles. The van der Waals surface area contributed by atoms with Crippen molar-refractivity contribution >= 4 is 27.3 Å². The molecule has 0 aliphatic heterocycles. The molecule has 3 aromatic rings. The molecule has 28 heavy (non-hydrogen) atoms. The number of aryl methyl sites for hydroxylation is 1. The Bertz CT molecular complexity index is 1050. The highest BCUT2D eigenvalue weighted by Crippen LogP contribution is 2.26. The Morgan fingerprint density at radius 3 is 2.64 bits per heavy atom. The molecule has 0 bridgehead atoms. The lowest BCUT2D eigenvalue weighted by Crippen LogP contribution is -2.15. The van der Waals surface area contributed by atoms with Crippen LogP contribution >= 0.6 is 0 Å². The number of anilines is 2. The molecule has 0 saturated heterocycles. The maximum atomic E-state index is 12.7. The van der Waals surface area contributed by atoms with Crippen LogP contribution in [0.2, 0.25) is 0 Å². The summed E-state index contributed by atoms with van der Waals surface area (Å²) >= 11 is 0. The Kier molecular flexibility index (Phi) is 6.00. The average Bonchev–Trinajstić information content (AvgIpc) is 3.20. The number of rotatable bonds is 8. The van der Waals surface area contributed by atoms with Gasteiger partial charge in [0.15, 0.2) is 0 Å². The van der Waals surface area contributed by atoms with E-state index in [0.29, 0.717) is 29.3 Å². The molecule has 2 aromatic carbocycles. The Hall–Kier alpha value is -3.26. The summed E-state index contributed by atoms with van der Waals surface area (Å²) in [6.07, 6.45) is 2.24. The number of carbonyl (C=O) groups is 1. The van der Waals surface area contributed by atoms with Gasteiger partial charge in [-0.3, -0.25) is 9.52 Å². The molecule has 0 aliphatic carbocycles. The smallest absolute Gasteiger partial charge is 0.262 e. The second kappa shape index (κ2) is 8.62. The van der Waals surface area contributed by atoms with Crippen LogP contribution in [0.3, 0.4) is 0 Å². The third-order valence-electron chi connectivity index (χ3n) is 3.96. The van der Waals surface area contributed by atoms with Gasteiger partial charge in [0.25, 0.3) is 10.0 Å². The van der Waals surface area contributed by atoms with Crippen molar-refractivity contribution in [2.45, 2.75) is 17.7 Å². The van der Waals surface area contributed by atoms with Crippen LogP contribution in [0.25, 0.3) is 0 Å². The summed E-state index contributed by atoms with van der Waals surface area (Å²) in [5.41, 5.74) is 0.727. The highest BCUT2D eigenvalue weighted by atomic mass is 32.2. The summed E-state index contributed by atoms with van der Waals surface area (Å²) in [5, 5.41) is 2.71. The molecule has 1 amide bonds. The lowest BCUT2D eigenvalue weighted by atomic mass is 10.2. The van der Waals surface area contributed by atoms with Crippen LogP contribution in [0.4, 0.5) is 11.4 Å². The lowest BCUT2D eigenvalue weighted by Gasteiger charge is -2.12. The van der Waals surface area contributed by atoms with Crippen molar-refractivity contribution < 1.29 is 22.4 Å². The zero-order chi connectivity index (χ0) is 20.0. The average molecular weight is 400 g/mol. The van der Waals surface area contributed by atoms with Crippen molar-refractivity contribution in [2.75, 3.05) is 17.1 Å². The number of furan rings is 1. The van der Waals surface area contributed by atoms with Crippen LogP contribution in [0.15, 0.2) is 76.2 Å². The van der Waals surface area contributed by atoms with Crippen molar-refractivity contribution in [3.05, 3.63) is 72.7 Å². The predicted molar refractivity (Wildman–Crippen MR) is 106 cm³/mol. The number of nitrogens with one attached hydrogen (secondary N) is 2. The molecule has 0 aliphatic rings. The first-order chi connectivity index (χ1) is 13.5. The van der Waals surface area contributed by atoms with Gasteiger partial charge in [0, 0.05) is 18.5 Å². The van der Waals surface area contributed by atoms with E-state index in [4.69, 9.17) is 9.15 Å². The zero-order valence-corrected chi connectivity index (χ0v) is 16.0. The summed E-state index contributed by atoms with van der Waals surface area (Å²) in [5.74, 6) is 0.893. The number of sulfonamides is 1. The first-order valence-corrected chi connectivity index (χ1v) is 10.0. The van der Waals surface area contributed by atoms with Crippen molar-refractivity contribution in [3.8, 4) is 5.75 Å². The number of methoxy groups -OCH3 is 1. The van der Waals surface area contributed by atoms with Gasteiger partial charge in [-0.05, 0) is 42.5 Å². The summed E-state index contributed by atoms with van der Waals surface area (Å²) < 4.78 is 38.3. The molecule has 2 N–H and O–H groups in total.